The molecule has 94 valence electrons. The fourth-order valence-corrected chi connectivity index (χ4v) is 1.66. The van der Waals surface area contributed by atoms with Gasteiger partial charge in [-0.1, -0.05) is 6.92 Å². The van der Waals surface area contributed by atoms with Gasteiger partial charge in [-0.3, -0.25) is 4.79 Å². The summed E-state index contributed by atoms with van der Waals surface area (Å²) in [4.78, 5) is 11.8. The van der Waals surface area contributed by atoms with Crippen molar-refractivity contribution in [2.75, 3.05) is 0 Å². The molecule has 1 aromatic carbocycles. The Morgan fingerprint density at radius 3 is 2.67 bits per heavy atom. The van der Waals surface area contributed by atoms with Crippen molar-refractivity contribution in [3.8, 4) is 0 Å². The van der Waals surface area contributed by atoms with Crippen molar-refractivity contribution < 1.29 is 18.0 Å². The Kier molecular flexibility index (Phi) is 3.55. The zero-order valence-corrected chi connectivity index (χ0v) is 9.87. The molecular formula is C14H12F2O2. The normalized spacial score (nSPS) is 10.6. The maximum Gasteiger partial charge on any atom is 0.202 e. The van der Waals surface area contributed by atoms with Gasteiger partial charge in [-0.05, 0) is 35.9 Å². The largest absolute Gasteiger partial charge is 0.458 e. The lowest BCUT2D eigenvalue weighted by Crippen LogP contribution is -2.04. The van der Waals surface area contributed by atoms with Crippen LogP contribution < -0.4 is 0 Å². The average Bonchev–Trinajstić information content (AvgIpc) is 2.82. The molecule has 0 N–H and O–H groups in total. The lowest BCUT2D eigenvalue weighted by Gasteiger charge is -2.01. The maximum atomic E-state index is 13.4. The summed E-state index contributed by atoms with van der Waals surface area (Å²) in [7, 11) is 0. The van der Waals surface area contributed by atoms with Crippen LogP contribution in [0.4, 0.5) is 8.78 Å². The summed E-state index contributed by atoms with van der Waals surface area (Å²) < 4.78 is 31.6. The van der Waals surface area contributed by atoms with E-state index in [9.17, 15) is 13.6 Å². The lowest BCUT2D eigenvalue weighted by molar-refractivity contribution is 0.0963. The van der Waals surface area contributed by atoms with Crippen molar-refractivity contribution in [2.24, 2.45) is 0 Å². The molecule has 0 amide bonds. The molecule has 0 saturated heterocycles. The van der Waals surface area contributed by atoms with Crippen LogP contribution in [-0.2, 0) is 12.8 Å². The van der Waals surface area contributed by atoms with E-state index in [4.69, 9.17) is 4.42 Å². The van der Waals surface area contributed by atoms with Gasteiger partial charge in [0, 0.05) is 12.8 Å². The molecule has 0 radical (unpaired) electrons. The second kappa shape index (κ2) is 5.12. The van der Waals surface area contributed by atoms with Crippen LogP contribution >= 0.6 is 0 Å². The summed E-state index contributed by atoms with van der Waals surface area (Å²) in [5.41, 5.74) is 0.0365. The number of Topliss-reactive ketones (excluding diaryl/α,β-unsaturated/α-hetero) is 1. The molecule has 0 aliphatic carbocycles. The van der Waals surface area contributed by atoms with E-state index in [1.807, 2.05) is 6.92 Å². The third kappa shape index (κ3) is 2.64. The highest BCUT2D eigenvalue weighted by Crippen LogP contribution is 2.15. The summed E-state index contributed by atoms with van der Waals surface area (Å²) in [6.45, 7) is 1.90. The van der Waals surface area contributed by atoms with E-state index in [2.05, 4.69) is 0 Å². The lowest BCUT2D eigenvalue weighted by atomic mass is 10.1. The van der Waals surface area contributed by atoms with Crippen LogP contribution in [0.5, 0.6) is 0 Å². The third-order valence-corrected chi connectivity index (χ3v) is 2.64. The molecule has 1 aromatic heterocycles. The van der Waals surface area contributed by atoms with Crippen LogP contribution in [0.25, 0.3) is 0 Å². The Bertz CT molecular complexity index is 573. The van der Waals surface area contributed by atoms with Crippen LogP contribution in [-0.4, -0.2) is 5.78 Å². The number of furan rings is 1. The van der Waals surface area contributed by atoms with Gasteiger partial charge in [0.2, 0.25) is 5.78 Å². The van der Waals surface area contributed by atoms with Gasteiger partial charge in [-0.2, -0.15) is 0 Å². The maximum absolute atomic E-state index is 13.4. The van der Waals surface area contributed by atoms with Gasteiger partial charge in [0.15, 0.2) is 5.76 Å². The average molecular weight is 250 g/mol. The van der Waals surface area contributed by atoms with Crippen molar-refractivity contribution >= 4 is 5.78 Å². The van der Waals surface area contributed by atoms with Gasteiger partial charge >= 0.3 is 0 Å². The van der Waals surface area contributed by atoms with E-state index in [-0.39, 0.29) is 23.5 Å². The Balaban J connectivity index is 2.18. The molecule has 0 unspecified atom stereocenters. The second-order valence-corrected chi connectivity index (χ2v) is 3.96. The Morgan fingerprint density at radius 1 is 1.22 bits per heavy atom. The minimum atomic E-state index is -0.591. The molecule has 0 aliphatic rings. The van der Waals surface area contributed by atoms with Gasteiger partial charge in [0.1, 0.15) is 17.4 Å². The highest BCUT2D eigenvalue weighted by Gasteiger charge is 2.14. The summed E-state index contributed by atoms with van der Waals surface area (Å²) >= 11 is 0. The van der Waals surface area contributed by atoms with Crippen LogP contribution in [0.3, 0.4) is 0 Å². The first-order valence-electron chi connectivity index (χ1n) is 5.66. The molecule has 0 saturated carbocycles. The third-order valence-electron chi connectivity index (χ3n) is 2.64. The first kappa shape index (κ1) is 12.5. The summed E-state index contributed by atoms with van der Waals surface area (Å²) in [5.74, 6) is -0.646. The fraction of sp³-hybridized carbons (Fsp3) is 0.214. The molecule has 4 heteroatoms. The van der Waals surface area contributed by atoms with Gasteiger partial charge in [0.25, 0.3) is 0 Å². The van der Waals surface area contributed by atoms with E-state index < -0.39 is 11.6 Å². The highest BCUT2D eigenvalue weighted by atomic mass is 19.1. The van der Waals surface area contributed by atoms with E-state index in [1.165, 1.54) is 0 Å². The van der Waals surface area contributed by atoms with Crippen molar-refractivity contribution in [1.82, 2.24) is 0 Å². The highest BCUT2D eigenvalue weighted by molar-refractivity contribution is 5.95. The van der Waals surface area contributed by atoms with Crippen LogP contribution in [0.15, 0.2) is 34.7 Å². The van der Waals surface area contributed by atoms with E-state index in [0.29, 0.717) is 12.2 Å². The minimum absolute atomic E-state index is 0.0365. The van der Waals surface area contributed by atoms with Gasteiger partial charge in [0.05, 0.1) is 0 Å². The van der Waals surface area contributed by atoms with E-state index in [1.54, 1.807) is 12.1 Å². The van der Waals surface area contributed by atoms with Crippen molar-refractivity contribution in [2.45, 2.75) is 19.8 Å². The number of benzene rings is 1. The number of hydrogen-bond donors (Lipinski definition) is 0. The minimum Gasteiger partial charge on any atom is -0.458 e. The first-order valence-corrected chi connectivity index (χ1v) is 5.66. The SMILES string of the molecule is CCc1ccc(C(=O)Cc2cc(F)ccc2F)o1. The smallest absolute Gasteiger partial charge is 0.202 e. The molecular weight excluding hydrogens is 238 g/mol. The van der Waals surface area contributed by atoms with Crippen molar-refractivity contribution in [3.63, 3.8) is 0 Å². The zero-order valence-electron chi connectivity index (χ0n) is 9.87. The molecule has 0 atom stereocenters. The van der Waals surface area contributed by atoms with Crippen LogP contribution in [0, 0.1) is 11.6 Å². The van der Waals surface area contributed by atoms with Crippen molar-refractivity contribution in [1.29, 1.82) is 0 Å². The van der Waals surface area contributed by atoms with Gasteiger partial charge in [-0.15, -0.1) is 0 Å². The summed E-state index contributed by atoms with van der Waals surface area (Å²) in [5, 5.41) is 0. The predicted molar refractivity (Wildman–Crippen MR) is 62.5 cm³/mol. The van der Waals surface area contributed by atoms with Crippen LogP contribution in [0.2, 0.25) is 0 Å². The van der Waals surface area contributed by atoms with Gasteiger partial charge < -0.3 is 4.42 Å². The Hall–Kier alpha value is -1.97. The number of carbonyl (C=O) groups excluding carboxylic acids is 1. The molecule has 0 spiro atoms. The quantitative estimate of drug-likeness (QED) is 0.777. The number of halogens is 2. The molecule has 0 aliphatic heterocycles. The van der Waals surface area contributed by atoms with E-state index in [0.717, 1.165) is 18.2 Å². The standard InChI is InChI=1S/C14H12F2O2/c1-2-11-4-6-14(18-11)13(17)8-9-7-10(15)3-5-12(9)16/h3-7H,2,8H2,1H3. The number of rotatable bonds is 4. The number of hydrogen-bond acceptors (Lipinski definition) is 2. The fourth-order valence-electron chi connectivity index (χ4n) is 1.66. The zero-order chi connectivity index (χ0) is 13.1. The number of carbonyl (C=O) groups is 1. The number of aryl methyl sites for hydroxylation is 1. The van der Waals surface area contributed by atoms with Crippen LogP contribution in [0.1, 0.15) is 28.8 Å². The van der Waals surface area contributed by atoms with Gasteiger partial charge in [-0.25, -0.2) is 8.78 Å². The molecule has 1 heterocycles. The Labute approximate surface area is 103 Å². The molecule has 2 rings (SSSR count). The van der Waals surface area contributed by atoms with E-state index >= 15 is 0 Å². The first-order chi connectivity index (χ1) is 8.60. The molecule has 0 fully saturated rings. The summed E-state index contributed by atoms with van der Waals surface area (Å²) in [6, 6.07) is 6.31. The second-order valence-electron chi connectivity index (χ2n) is 3.96. The molecule has 2 nitrogen and oxygen atoms in total. The summed E-state index contributed by atoms with van der Waals surface area (Å²) in [6.07, 6.45) is 0.474. The Morgan fingerprint density at radius 2 is 2.00 bits per heavy atom. The van der Waals surface area contributed by atoms with Crippen molar-refractivity contribution in [3.05, 3.63) is 59.1 Å². The number of ketones is 1. The topological polar surface area (TPSA) is 30.2 Å². The monoisotopic (exact) mass is 250 g/mol. The predicted octanol–water partition coefficient (Wildman–Crippen LogP) is 3.55. The molecule has 18 heavy (non-hydrogen) atoms. The molecule has 2 aromatic rings. The molecule has 0 bridgehead atoms.